The molecule has 0 bridgehead atoms. The quantitative estimate of drug-likeness (QED) is 0.457. The Kier molecular flexibility index (Phi) is 7.02. The number of esters is 1. The molecule has 1 aromatic rings. The SMILES string of the molecule is C=C(C)C(=O)OC.C=CC(=O)c1ccccc1. The average Bonchev–Trinajstić information content (AvgIpc) is 2.38. The number of carbonyl (C=O) groups is 2. The lowest BCUT2D eigenvalue weighted by atomic mass is 10.1. The Bertz CT molecular complexity index is 405. The summed E-state index contributed by atoms with van der Waals surface area (Å²) in [7, 11) is 1.33. The predicted molar refractivity (Wildman–Crippen MR) is 67.8 cm³/mol. The number of ether oxygens (including phenoxy) is 1. The second kappa shape index (κ2) is 8.05. The van der Waals surface area contributed by atoms with Gasteiger partial charge in [-0.1, -0.05) is 43.5 Å². The highest BCUT2D eigenvalue weighted by atomic mass is 16.5. The van der Waals surface area contributed by atoms with Gasteiger partial charge < -0.3 is 4.74 Å². The van der Waals surface area contributed by atoms with Gasteiger partial charge in [0.05, 0.1) is 7.11 Å². The number of hydrogen-bond acceptors (Lipinski definition) is 3. The first-order valence-electron chi connectivity index (χ1n) is 4.98. The summed E-state index contributed by atoms with van der Waals surface area (Å²) in [6.07, 6.45) is 1.31. The average molecular weight is 232 g/mol. The molecule has 0 unspecified atom stereocenters. The van der Waals surface area contributed by atoms with Crippen LogP contribution in [0.2, 0.25) is 0 Å². The second-order valence-electron chi connectivity index (χ2n) is 3.21. The van der Waals surface area contributed by atoms with E-state index in [1.54, 1.807) is 19.1 Å². The molecule has 0 saturated heterocycles. The summed E-state index contributed by atoms with van der Waals surface area (Å²) >= 11 is 0. The molecule has 0 heterocycles. The maximum Gasteiger partial charge on any atom is 0.332 e. The molecule has 0 amide bonds. The van der Waals surface area contributed by atoms with Crippen LogP contribution in [0.4, 0.5) is 0 Å². The smallest absolute Gasteiger partial charge is 0.332 e. The van der Waals surface area contributed by atoms with Gasteiger partial charge in [-0.25, -0.2) is 4.79 Å². The molecule has 0 aliphatic heterocycles. The van der Waals surface area contributed by atoms with E-state index in [9.17, 15) is 9.59 Å². The molecular formula is C14H16O3. The number of ketones is 1. The van der Waals surface area contributed by atoms with Crippen LogP contribution in [0.3, 0.4) is 0 Å². The Morgan fingerprint density at radius 3 is 2.06 bits per heavy atom. The van der Waals surface area contributed by atoms with Gasteiger partial charge in [0.1, 0.15) is 0 Å². The molecule has 0 saturated carbocycles. The summed E-state index contributed by atoms with van der Waals surface area (Å²) in [6.45, 7) is 8.34. The lowest BCUT2D eigenvalue weighted by Crippen LogP contribution is -1.98. The van der Waals surface area contributed by atoms with E-state index in [0.29, 0.717) is 11.1 Å². The largest absolute Gasteiger partial charge is 0.466 e. The molecule has 0 N–H and O–H groups in total. The van der Waals surface area contributed by atoms with E-state index >= 15 is 0 Å². The van der Waals surface area contributed by atoms with Crippen LogP contribution >= 0.6 is 0 Å². The fourth-order valence-corrected chi connectivity index (χ4v) is 0.895. The lowest BCUT2D eigenvalue weighted by molar-refractivity contribution is -0.136. The Hall–Kier alpha value is -2.16. The minimum absolute atomic E-state index is 0.0272. The molecule has 0 aromatic heterocycles. The number of benzene rings is 1. The monoisotopic (exact) mass is 232 g/mol. The third kappa shape index (κ3) is 6.10. The maximum absolute atomic E-state index is 10.9. The molecular weight excluding hydrogens is 216 g/mol. The van der Waals surface area contributed by atoms with Crippen LogP contribution in [-0.4, -0.2) is 18.9 Å². The Balaban J connectivity index is 0.000000325. The number of allylic oxidation sites excluding steroid dienone is 1. The van der Waals surface area contributed by atoms with E-state index in [-0.39, 0.29) is 11.8 Å². The van der Waals surface area contributed by atoms with Crippen LogP contribution in [0.25, 0.3) is 0 Å². The molecule has 0 aliphatic carbocycles. The van der Waals surface area contributed by atoms with Gasteiger partial charge in [0.15, 0.2) is 5.78 Å². The highest BCUT2D eigenvalue weighted by Crippen LogP contribution is 1.99. The van der Waals surface area contributed by atoms with E-state index in [1.165, 1.54) is 13.2 Å². The van der Waals surface area contributed by atoms with Crippen molar-refractivity contribution in [1.82, 2.24) is 0 Å². The second-order valence-corrected chi connectivity index (χ2v) is 3.21. The van der Waals surface area contributed by atoms with Crippen molar-refractivity contribution in [3.05, 3.63) is 60.7 Å². The molecule has 1 rings (SSSR count). The highest BCUT2D eigenvalue weighted by Gasteiger charge is 1.96. The number of rotatable bonds is 3. The van der Waals surface area contributed by atoms with Crippen molar-refractivity contribution in [2.75, 3.05) is 7.11 Å². The van der Waals surface area contributed by atoms with Crippen LogP contribution in [0.15, 0.2) is 55.1 Å². The van der Waals surface area contributed by atoms with Crippen LogP contribution in [0.5, 0.6) is 0 Å². The molecule has 90 valence electrons. The minimum Gasteiger partial charge on any atom is -0.466 e. The zero-order valence-electron chi connectivity index (χ0n) is 10.1. The number of carbonyl (C=O) groups excluding carboxylic acids is 2. The number of methoxy groups -OCH3 is 1. The first-order valence-corrected chi connectivity index (χ1v) is 4.98. The van der Waals surface area contributed by atoms with Gasteiger partial charge in [0.25, 0.3) is 0 Å². The van der Waals surface area contributed by atoms with Crippen molar-refractivity contribution >= 4 is 11.8 Å². The normalized spacial score (nSPS) is 8.35. The minimum atomic E-state index is -0.347. The molecule has 0 fully saturated rings. The highest BCUT2D eigenvalue weighted by molar-refractivity contribution is 6.04. The van der Waals surface area contributed by atoms with Crippen molar-refractivity contribution in [3.63, 3.8) is 0 Å². The van der Waals surface area contributed by atoms with Crippen molar-refractivity contribution in [3.8, 4) is 0 Å². The summed E-state index contributed by atoms with van der Waals surface area (Å²) in [4.78, 5) is 21.1. The van der Waals surface area contributed by atoms with Gasteiger partial charge in [-0.05, 0) is 13.0 Å². The molecule has 0 atom stereocenters. The fraction of sp³-hybridized carbons (Fsp3) is 0.143. The van der Waals surface area contributed by atoms with E-state index in [2.05, 4.69) is 17.9 Å². The molecule has 0 spiro atoms. The summed E-state index contributed by atoms with van der Waals surface area (Å²) in [5, 5.41) is 0. The zero-order chi connectivity index (χ0) is 13.3. The van der Waals surface area contributed by atoms with Gasteiger partial charge in [0, 0.05) is 11.1 Å². The molecule has 3 heteroatoms. The number of hydrogen-bond donors (Lipinski definition) is 0. The van der Waals surface area contributed by atoms with Crippen molar-refractivity contribution in [2.45, 2.75) is 6.92 Å². The third-order valence-electron chi connectivity index (χ3n) is 1.78. The molecule has 1 aromatic carbocycles. The lowest BCUT2D eigenvalue weighted by Gasteiger charge is -1.91. The molecule has 0 aliphatic rings. The first-order chi connectivity index (χ1) is 8.02. The van der Waals surface area contributed by atoms with E-state index in [4.69, 9.17) is 0 Å². The molecule has 0 radical (unpaired) electrons. The van der Waals surface area contributed by atoms with Crippen LogP contribution in [0, 0.1) is 0 Å². The van der Waals surface area contributed by atoms with Crippen LogP contribution in [-0.2, 0) is 9.53 Å². The summed E-state index contributed by atoms with van der Waals surface area (Å²) in [5.41, 5.74) is 1.13. The maximum atomic E-state index is 10.9. The van der Waals surface area contributed by atoms with Crippen molar-refractivity contribution < 1.29 is 14.3 Å². The summed E-state index contributed by atoms with van der Waals surface area (Å²) < 4.78 is 4.27. The Morgan fingerprint density at radius 1 is 1.24 bits per heavy atom. The van der Waals surface area contributed by atoms with Gasteiger partial charge in [0.2, 0.25) is 0 Å². The van der Waals surface area contributed by atoms with Crippen LogP contribution in [0.1, 0.15) is 17.3 Å². The summed E-state index contributed by atoms with van der Waals surface area (Å²) in [5.74, 6) is -0.374. The van der Waals surface area contributed by atoms with Gasteiger partial charge in [-0.3, -0.25) is 4.79 Å². The van der Waals surface area contributed by atoms with E-state index < -0.39 is 0 Å². The first kappa shape index (κ1) is 14.8. The van der Waals surface area contributed by atoms with Gasteiger partial charge >= 0.3 is 5.97 Å². The summed E-state index contributed by atoms with van der Waals surface area (Å²) in [6, 6.07) is 9.07. The molecule has 17 heavy (non-hydrogen) atoms. The van der Waals surface area contributed by atoms with E-state index in [1.807, 2.05) is 18.2 Å². The Morgan fingerprint density at radius 2 is 1.76 bits per heavy atom. The Labute approximate surface area is 101 Å². The topological polar surface area (TPSA) is 43.4 Å². The van der Waals surface area contributed by atoms with Crippen LogP contribution < -0.4 is 0 Å². The van der Waals surface area contributed by atoms with Gasteiger partial charge in [-0.15, -0.1) is 0 Å². The standard InChI is InChI=1S/C9H8O.C5H8O2/c1-2-9(10)8-6-4-3-5-7-8;1-4(2)5(6)7-3/h2-7H,1H2;1H2,2-3H3. The van der Waals surface area contributed by atoms with E-state index in [0.717, 1.165) is 0 Å². The molecule has 3 nitrogen and oxygen atoms in total. The third-order valence-corrected chi connectivity index (χ3v) is 1.78. The fourth-order valence-electron chi connectivity index (χ4n) is 0.895. The van der Waals surface area contributed by atoms with Gasteiger partial charge in [-0.2, -0.15) is 0 Å². The zero-order valence-corrected chi connectivity index (χ0v) is 10.1. The predicted octanol–water partition coefficient (Wildman–Crippen LogP) is 2.79. The van der Waals surface area contributed by atoms with Crippen molar-refractivity contribution in [1.29, 1.82) is 0 Å². The van der Waals surface area contributed by atoms with Crippen molar-refractivity contribution in [2.24, 2.45) is 0 Å².